The average Bonchev–Trinajstić information content (AvgIpc) is 3.12. The van der Waals surface area contributed by atoms with Crippen molar-refractivity contribution in [2.45, 2.75) is 69.7 Å². The Morgan fingerprint density at radius 1 is 1.18 bits per heavy atom. The molecule has 0 saturated carbocycles. The highest BCUT2D eigenvalue weighted by Crippen LogP contribution is 2.45. The second-order valence-corrected chi connectivity index (χ2v) is 8.41. The summed E-state index contributed by atoms with van der Waals surface area (Å²) in [5.41, 5.74) is 2.46. The second-order valence-electron chi connectivity index (χ2n) is 8.41. The Morgan fingerprint density at radius 2 is 1.88 bits per heavy atom. The van der Waals surface area contributed by atoms with Crippen LogP contribution in [-0.4, -0.2) is 75.6 Å². The van der Waals surface area contributed by atoms with Gasteiger partial charge in [0.2, 0.25) is 0 Å². The van der Waals surface area contributed by atoms with Crippen molar-refractivity contribution in [2.75, 3.05) is 13.7 Å². The molecule has 0 aromatic heterocycles. The highest BCUT2D eigenvalue weighted by molar-refractivity contribution is 5.97. The minimum Gasteiger partial charge on any atom is -0.496 e. The Kier molecular flexibility index (Phi) is 7.76. The number of hydrogen-bond donors (Lipinski definition) is 5. The summed E-state index contributed by atoms with van der Waals surface area (Å²) in [6.07, 6.45) is -5.21. The molecule has 182 valence electrons. The van der Waals surface area contributed by atoms with E-state index in [0.717, 1.165) is 5.57 Å². The fourth-order valence-electron chi connectivity index (χ4n) is 4.35. The molecular formula is C23H30O10. The van der Waals surface area contributed by atoms with Crippen molar-refractivity contribution in [3.8, 4) is 5.75 Å². The summed E-state index contributed by atoms with van der Waals surface area (Å²) in [6, 6.07) is 1.53. The lowest BCUT2D eigenvalue weighted by molar-refractivity contribution is -0.231. The third kappa shape index (κ3) is 4.90. The maximum absolute atomic E-state index is 12.9. The number of carboxylic acid groups (broad SMARTS) is 1. The van der Waals surface area contributed by atoms with Crippen molar-refractivity contribution in [3.63, 3.8) is 0 Å². The number of benzene rings is 1. The van der Waals surface area contributed by atoms with Gasteiger partial charge in [0.1, 0.15) is 42.4 Å². The summed E-state index contributed by atoms with van der Waals surface area (Å²) >= 11 is 0. The van der Waals surface area contributed by atoms with Gasteiger partial charge < -0.3 is 39.7 Å². The number of cyclic esters (lactones) is 1. The second kappa shape index (κ2) is 10.2. The average molecular weight is 466 g/mol. The normalized spacial score (nSPS) is 29.5. The van der Waals surface area contributed by atoms with Crippen LogP contribution < -0.4 is 4.74 Å². The number of carbonyl (C=O) groups excluding carboxylic acids is 1. The van der Waals surface area contributed by atoms with E-state index in [1.165, 1.54) is 13.2 Å². The predicted octanol–water partition coefficient (Wildman–Crippen LogP) is 0.931. The topological polar surface area (TPSA) is 163 Å². The molecule has 1 aromatic carbocycles. The molecule has 0 unspecified atom stereocenters. The van der Waals surface area contributed by atoms with E-state index in [0.29, 0.717) is 29.7 Å². The number of aliphatic hydroxyl groups excluding tert-OH is 4. The summed E-state index contributed by atoms with van der Waals surface area (Å²) in [6.45, 7) is 2.98. The number of carbonyl (C=O) groups is 2. The van der Waals surface area contributed by atoms with Crippen LogP contribution in [0.2, 0.25) is 0 Å². The van der Waals surface area contributed by atoms with Gasteiger partial charge in [-0.3, -0.25) is 4.79 Å². The first-order valence-corrected chi connectivity index (χ1v) is 10.7. The fourth-order valence-corrected chi connectivity index (χ4v) is 4.35. The van der Waals surface area contributed by atoms with Crippen LogP contribution in [-0.2, 0) is 14.3 Å². The first kappa shape index (κ1) is 25.1. The number of fused-ring (bicyclic) bond motifs is 1. The summed E-state index contributed by atoms with van der Waals surface area (Å²) in [7, 11) is 1.45. The lowest BCUT2D eigenvalue weighted by Crippen LogP contribution is -2.55. The molecule has 6 atom stereocenters. The molecule has 1 saturated heterocycles. The van der Waals surface area contributed by atoms with Crippen LogP contribution in [0.5, 0.6) is 5.75 Å². The standard InChI is InChI=1S/C23H30O10/c1-10(5-7-16(25)26)4-6-13-17-11(2)14(31-3)8-12(18(17)23(30)33-13)22-21(29)20(28)19(27)15(9-24)32-22/h4,8,13,15,19-22,24,27-29H,5-7,9H2,1-3H3,(H,25,26)/t13-,15+,19+,20-,21+,22-/m0/s1. The molecule has 10 nitrogen and oxygen atoms in total. The number of aliphatic carboxylic acids is 1. The zero-order chi connectivity index (χ0) is 24.4. The summed E-state index contributed by atoms with van der Waals surface area (Å²) in [5.74, 6) is -1.12. The molecule has 0 amide bonds. The maximum atomic E-state index is 12.9. The highest BCUT2D eigenvalue weighted by Gasteiger charge is 2.47. The van der Waals surface area contributed by atoms with Crippen LogP contribution >= 0.6 is 0 Å². The Bertz CT molecular complexity index is 938. The van der Waals surface area contributed by atoms with Crippen LogP contribution in [0.3, 0.4) is 0 Å². The minimum absolute atomic E-state index is 0.00250. The van der Waals surface area contributed by atoms with Crippen LogP contribution in [0.25, 0.3) is 0 Å². The summed E-state index contributed by atoms with van der Waals surface area (Å²) in [4.78, 5) is 23.7. The van der Waals surface area contributed by atoms with Crippen molar-refractivity contribution in [1.29, 1.82) is 0 Å². The Hall–Kier alpha value is -2.50. The molecule has 1 aromatic rings. The number of allylic oxidation sites excluding steroid dienone is 1. The van der Waals surface area contributed by atoms with E-state index < -0.39 is 55.2 Å². The molecule has 10 heteroatoms. The zero-order valence-electron chi connectivity index (χ0n) is 18.7. The van der Waals surface area contributed by atoms with E-state index in [2.05, 4.69) is 0 Å². The van der Waals surface area contributed by atoms with Gasteiger partial charge in [-0.15, -0.1) is 0 Å². The van der Waals surface area contributed by atoms with E-state index in [4.69, 9.17) is 19.3 Å². The Balaban J connectivity index is 2.01. The number of methoxy groups -OCH3 is 1. The van der Waals surface area contributed by atoms with Gasteiger partial charge in [-0.1, -0.05) is 11.6 Å². The molecule has 33 heavy (non-hydrogen) atoms. The van der Waals surface area contributed by atoms with Crippen LogP contribution in [0.4, 0.5) is 0 Å². The zero-order valence-corrected chi connectivity index (χ0v) is 18.7. The molecule has 2 aliphatic rings. The van der Waals surface area contributed by atoms with Crippen molar-refractivity contribution in [3.05, 3.63) is 40.0 Å². The van der Waals surface area contributed by atoms with Gasteiger partial charge in [0.15, 0.2) is 0 Å². The lowest BCUT2D eigenvalue weighted by atomic mass is 9.85. The summed E-state index contributed by atoms with van der Waals surface area (Å²) in [5, 5.41) is 49.3. The molecular weight excluding hydrogens is 436 g/mol. The van der Waals surface area contributed by atoms with E-state index in [1.54, 1.807) is 13.8 Å². The van der Waals surface area contributed by atoms with Gasteiger partial charge >= 0.3 is 11.9 Å². The van der Waals surface area contributed by atoms with E-state index in [-0.39, 0.29) is 17.5 Å². The van der Waals surface area contributed by atoms with Gasteiger partial charge in [0.05, 0.1) is 19.3 Å². The highest BCUT2D eigenvalue weighted by atomic mass is 16.6. The third-order valence-electron chi connectivity index (χ3n) is 6.23. The molecule has 0 aliphatic carbocycles. The first-order valence-electron chi connectivity index (χ1n) is 10.7. The molecule has 3 rings (SSSR count). The molecule has 5 N–H and O–H groups in total. The van der Waals surface area contributed by atoms with Gasteiger partial charge in [0, 0.05) is 24.0 Å². The quantitative estimate of drug-likeness (QED) is 0.275. The largest absolute Gasteiger partial charge is 0.496 e. The van der Waals surface area contributed by atoms with E-state index in [1.807, 2.05) is 6.08 Å². The van der Waals surface area contributed by atoms with Gasteiger partial charge in [-0.2, -0.15) is 0 Å². The number of rotatable bonds is 8. The third-order valence-corrected chi connectivity index (χ3v) is 6.23. The molecule has 2 aliphatic heterocycles. The van der Waals surface area contributed by atoms with Crippen molar-refractivity contribution in [1.82, 2.24) is 0 Å². The SMILES string of the molecule is COc1cc([C@@H]2O[C@H](CO)[C@@H](O)[C@H](O)[C@H]2O)c2c(c1C)[C@H](CC=C(C)CCC(=O)O)OC2=O. The van der Waals surface area contributed by atoms with E-state index in [9.17, 15) is 30.0 Å². The van der Waals surface area contributed by atoms with Crippen molar-refractivity contribution < 1.29 is 49.3 Å². The Morgan fingerprint density at radius 3 is 2.48 bits per heavy atom. The Labute approximate surface area is 191 Å². The monoisotopic (exact) mass is 466 g/mol. The molecule has 1 fully saturated rings. The molecule has 2 heterocycles. The number of esters is 1. The van der Waals surface area contributed by atoms with Gasteiger partial charge in [-0.25, -0.2) is 4.79 Å². The summed E-state index contributed by atoms with van der Waals surface area (Å²) < 4.78 is 16.7. The van der Waals surface area contributed by atoms with Crippen LogP contribution in [0, 0.1) is 6.92 Å². The number of ether oxygens (including phenoxy) is 3. The van der Waals surface area contributed by atoms with Crippen LogP contribution in [0.15, 0.2) is 17.7 Å². The molecule has 0 spiro atoms. The van der Waals surface area contributed by atoms with Gasteiger partial charge in [-0.05, 0) is 31.9 Å². The van der Waals surface area contributed by atoms with Crippen LogP contribution in [0.1, 0.15) is 65.4 Å². The number of hydrogen-bond acceptors (Lipinski definition) is 9. The predicted molar refractivity (Wildman–Crippen MR) is 114 cm³/mol. The molecule has 0 radical (unpaired) electrons. The molecule has 0 bridgehead atoms. The number of carboxylic acids is 1. The number of aliphatic hydroxyl groups is 4. The first-order chi connectivity index (χ1) is 15.6. The minimum atomic E-state index is -1.60. The van der Waals surface area contributed by atoms with Gasteiger partial charge in [0.25, 0.3) is 0 Å². The maximum Gasteiger partial charge on any atom is 0.339 e. The smallest absolute Gasteiger partial charge is 0.339 e. The van der Waals surface area contributed by atoms with Crippen molar-refractivity contribution in [2.24, 2.45) is 0 Å². The van der Waals surface area contributed by atoms with Crippen molar-refractivity contribution >= 4 is 11.9 Å². The fraction of sp³-hybridized carbons (Fsp3) is 0.565. The van der Waals surface area contributed by atoms with E-state index >= 15 is 0 Å². The lowest BCUT2D eigenvalue weighted by Gasteiger charge is -2.40.